The van der Waals surface area contributed by atoms with Crippen LogP contribution in [0.4, 0.5) is 0 Å². The first-order valence-corrected chi connectivity index (χ1v) is 8.44. The quantitative estimate of drug-likeness (QED) is 0.846. The van der Waals surface area contributed by atoms with Gasteiger partial charge in [0, 0.05) is 37.9 Å². The molecular weight excluding hydrogens is 330 g/mol. The fourth-order valence-electron chi connectivity index (χ4n) is 2.93. The third-order valence-electron chi connectivity index (χ3n) is 4.62. The summed E-state index contributed by atoms with van der Waals surface area (Å²) in [6.45, 7) is 1.89. The molecule has 3 heterocycles. The molecular formula is C16H18ClN5O2. The number of carbonyl (C=O) groups excluding carboxylic acids is 1. The number of piperazine rings is 1. The molecule has 1 aliphatic heterocycles. The van der Waals surface area contributed by atoms with Crippen molar-refractivity contribution < 1.29 is 9.32 Å². The van der Waals surface area contributed by atoms with E-state index in [-0.39, 0.29) is 11.9 Å². The zero-order chi connectivity index (χ0) is 16.7. The number of pyridine rings is 1. The monoisotopic (exact) mass is 347 g/mol. The largest absolute Gasteiger partial charge is 0.339 e. The van der Waals surface area contributed by atoms with E-state index in [2.05, 4.69) is 20.0 Å². The van der Waals surface area contributed by atoms with Gasteiger partial charge in [-0.2, -0.15) is 4.98 Å². The van der Waals surface area contributed by atoms with Crippen molar-refractivity contribution in [2.24, 2.45) is 0 Å². The van der Waals surface area contributed by atoms with Crippen LogP contribution in [0.2, 0.25) is 5.02 Å². The lowest BCUT2D eigenvalue weighted by molar-refractivity contribution is 0.0529. The topological polar surface area (TPSA) is 75.4 Å². The van der Waals surface area contributed by atoms with Gasteiger partial charge in [-0.25, -0.2) is 0 Å². The van der Waals surface area contributed by atoms with Crippen molar-refractivity contribution in [3.05, 3.63) is 40.8 Å². The Morgan fingerprint density at radius 2 is 2.21 bits per heavy atom. The van der Waals surface area contributed by atoms with E-state index in [0.717, 1.165) is 25.3 Å². The molecule has 0 bridgehead atoms. The predicted molar refractivity (Wildman–Crippen MR) is 86.8 cm³/mol. The lowest BCUT2D eigenvalue weighted by Gasteiger charge is -2.38. The molecule has 2 fully saturated rings. The maximum atomic E-state index is 12.8. The number of hydrogen-bond donors (Lipinski definition) is 0. The number of aromatic nitrogens is 3. The Morgan fingerprint density at radius 3 is 2.96 bits per heavy atom. The SMILES string of the molecule is CN1CCN(C(=O)c2ccncc2Cl)C[C@@H]1c1noc(C2CC2)n1. The van der Waals surface area contributed by atoms with E-state index in [9.17, 15) is 4.79 Å². The molecule has 126 valence electrons. The summed E-state index contributed by atoms with van der Waals surface area (Å²) < 4.78 is 5.37. The maximum absolute atomic E-state index is 12.8. The summed E-state index contributed by atoms with van der Waals surface area (Å²) in [6.07, 6.45) is 5.30. The molecule has 1 saturated carbocycles. The Morgan fingerprint density at radius 1 is 1.38 bits per heavy atom. The number of rotatable bonds is 3. The maximum Gasteiger partial charge on any atom is 0.255 e. The lowest BCUT2D eigenvalue weighted by Crippen LogP contribution is -2.49. The summed E-state index contributed by atoms with van der Waals surface area (Å²) >= 11 is 6.11. The van der Waals surface area contributed by atoms with Gasteiger partial charge in [0.1, 0.15) is 0 Å². The summed E-state index contributed by atoms with van der Waals surface area (Å²) in [5, 5.41) is 4.50. The van der Waals surface area contributed by atoms with Gasteiger partial charge in [-0.15, -0.1) is 0 Å². The molecule has 1 amide bonds. The van der Waals surface area contributed by atoms with Gasteiger partial charge in [0.15, 0.2) is 5.82 Å². The molecule has 8 heteroatoms. The molecule has 4 rings (SSSR count). The van der Waals surface area contributed by atoms with Crippen LogP contribution in [0.5, 0.6) is 0 Å². The molecule has 1 aliphatic carbocycles. The summed E-state index contributed by atoms with van der Waals surface area (Å²) in [6, 6.07) is 1.58. The minimum absolute atomic E-state index is 0.0698. The van der Waals surface area contributed by atoms with Crippen LogP contribution in [-0.4, -0.2) is 57.5 Å². The smallest absolute Gasteiger partial charge is 0.255 e. The van der Waals surface area contributed by atoms with Crippen molar-refractivity contribution >= 4 is 17.5 Å². The fourth-order valence-corrected chi connectivity index (χ4v) is 3.13. The van der Waals surface area contributed by atoms with E-state index in [1.165, 1.54) is 6.20 Å². The Bertz CT molecular complexity index is 760. The van der Waals surface area contributed by atoms with E-state index in [4.69, 9.17) is 16.1 Å². The summed E-state index contributed by atoms with van der Waals surface area (Å²) in [4.78, 5) is 25.2. The van der Waals surface area contributed by atoms with Crippen LogP contribution in [0.15, 0.2) is 23.0 Å². The van der Waals surface area contributed by atoms with Crippen molar-refractivity contribution in [3.63, 3.8) is 0 Å². The van der Waals surface area contributed by atoms with Crippen LogP contribution in [0.3, 0.4) is 0 Å². The summed E-state index contributed by atoms with van der Waals surface area (Å²) in [5.41, 5.74) is 0.474. The van der Waals surface area contributed by atoms with Gasteiger partial charge in [0.25, 0.3) is 5.91 Å². The van der Waals surface area contributed by atoms with Gasteiger partial charge < -0.3 is 9.42 Å². The molecule has 2 aliphatic rings. The fraction of sp³-hybridized carbons (Fsp3) is 0.500. The van der Waals surface area contributed by atoms with Gasteiger partial charge in [0.2, 0.25) is 5.89 Å². The Balaban J connectivity index is 1.53. The average Bonchev–Trinajstić information content (AvgIpc) is 3.33. The van der Waals surface area contributed by atoms with Crippen LogP contribution < -0.4 is 0 Å². The number of likely N-dealkylation sites (N-methyl/N-ethyl adjacent to an activating group) is 1. The molecule has 2 aromatic rings. The van der Waals surface area contributed by atoms with Gasteiger partial charge in [-0.3, -0.25) is 14.7 Å². The molecule has 1 atom stereocenters. The highest BCUT2D eigenvalue weighted by Gasteiger charge is 2.35. The van der Waals surface area contributed by atoms with E-state index < -0.39 is 0 Å². The third kappa shape index (κ3) is 2.89. The Kier molecular flexibility index (Phi) is 3.97. The van der Waals surface area contributed by atoms with Crippen LogP contribution in [-0.2, 0) is 0 Å². The minimum atomic E-state index is -0.0913. The van der Waals surface area contributed by atoms with Crippen LogP contribution >= 0.6 is 11.6 Å². The van der Waals surface area contributed by atoms with Gasteiger partial charge in [0.05, 0.1) is 16.6 Å². The van der Waals surface area contributed by atoms with E-state index in [1.807, 2.05) is 7.05 Å². The first kappa shape index (κ1) is 15.5. The predicted octanol–water partition coefficient (Wildman–Crippen LogP) is 2.12. The van der Waals surface area contributed by atoms with E-state index in [1.54, 1.807) is 17.2 Å². The molecule has 1 saturated heterocycles. The van der Waals surface area contributed by atoms with Crippen LogP contribution in [0.1, 0.15) is 46.9 Å². The molecule has 0 radical (unpaired) electrons. The highest BCUT2D eigenvalue weighted by molar-refractivity contribution is 6.33. The zero-order valence-electron chi connectivity index (χ0n) is 13.4. The first-order chi connectivity index (χ1) is 11.6. The lowest BCUT2D eigenvalue weighted by atomic mass is 10.1. The normalized spacial score (nSPS) is 21.9. The number of nitrogens with zero attached hydrogens (tertiary/aromatic N) is 5. The molecule has 0 aromatic carbocycles. The Hall–Kier alpha value is -1.99. The second kappa shape index (κ2) is 6.14. The van der Waals surface area contributed by atoms with E-state index >= 15 is 0 Å². The van der Waals surface area contributed by atoms with Gasteiger partial charge >= 0.3 is 0 Å². The van der Waals surface area contributed by atoms with Crippen molar-refractivity contribution in [3.8, 4) is 0 Å². The molecule has 0 spiro atoms. The number of carbonyl (C=O) groups is 1. The molecule has 7 nitrogen and oxygen atoms in total. The molecule has 24 heavy (non-hydrogen) atoms. The second-order valence-electron chi connectivity index (χ2n) is 6.37. The summed E-state index contributed by atoms with van der Waals surface area (Å²) in [7, 11) is 2.01. The summed E-state index contributed by atoms with van der Waals surface area (Å²) in [5.74, 6) is 1.71. The average molecular weight is 348 g/mol. The molecule has 0 N–H and O–H groups in total. The number of hydrogen-bond acceptors (Lipinski definition) is 6. The van der Waals surface area contributed by atoms with Crippen molar-refractivity contribution in [2.75, 3.05) is 26.7 Å². The van der Waals surface area contributed by atoms with Crippen LogP contribution in [0.25, 0.3) is 0 Å². The Labute approximate surface area is 144 Å². The highest BCUT2D eigenvalue weighted by Crippen LogP contribution is 2.39. The van der Waals surface area contributed by atoms with Crippen molar-refractivity contribution in [2.45, 2.75) is 24.8 Å². The minimum Gasteiger partial charge on any atom is -0.339 e. The van der Waals surface area contributed by atoms with Gasteiger partial charge in [-0.05, 0) is 26.0 Å². The first-order valence-electron chi connectivity index (χ1n) is 8.06. The van der Waals surface area contributed by atoms with Crippen LogP contribution in [0, 0.1) is 0 Å². The number of amides is 1. The van der Waals surface area contributed by atoms with E-state index in [0.29, 0.717) is 35.4 Å². The standard InChI is InChI=1S/C16H18ClN5O2/c1-21-6-7-22(16(23)11-4-5-18-8-12(11)17)9-13(21)14-19-15(24-20-14)10-2-3-10/h4-5,8,10,13H,2-3,6-7,9H2,1H3/t13-/m1/s1. The zero-order valence-corrected chi connectivity index (χ0v) is 14.1. The molecule has 0 unspecified atom stereocenters. The highest BCUT2D eigenvalue weighted by atomic mass is 35.5. The second-order valence-corrected chi connectivity index (χ2v) is 6.78. The van der Waals surface area contributed by atoms with Crippen molar-refractivity contribution in [1.29, 1.82) is 0 Å². The third-order valence-corrected chi connectivity index (χ3v) is 4.92. The number of halogens is 1. The van der Waals surface area contributed by atoms with Gasteiger partial charge in [-0.1, -0.05) is 16.8 Å². The van der Waals surface area contributed by atoms with Crippen molar-refractivity contribution in [1.82, 2.24) is 24.9 Å². The molecule has 2 aromatic heterocycles.